The molecule has 132 valence electrons. The van der Waals surface area contributed by atoms with E-state index < -0.39 is 12.4 Å². The zero-order chi connectivity index (χ0) is 17.9. The summed E-state index contributed by atoms with van der Waals surface area (Å²) in [7, 11) is -2.91. The van der Waals surface area contributed by atoms with Gasteiger partial charge in [-0.2, -0.15) is 0 Å². The van der Waals surface area contributed by atoms with Crippen molar-refractivity contribution in [1.29, 1.82) is 0 Å². The van der Waals surface area contributed by atoms with E-state index in [4.69, 9.17) is 4.52 Å². The second-order valence-corrected chi connectivity index (χ2v) is 8.28. The summed E-state index contributed by atoms with van der Waals surface area (Å²) in [4.78, 5) is 12.5. The number of piperazine rings is 1. The monoisotopic (exact) mass is 361 g/mol. The fourth-order valence-corrected chi connectivity index (χ4v) is 4.37. The summed E-state index contributed by atoms with van der Waals surface area (Å²) in [6, 6.07) is 15.7. The third-order valence-electron chi connectivity index (χ3n) is 4.21. The van der Waals surface area contributed by atoms with Crippen LogP contribution in [0.3, 0.4) is 0 Å². The first-order chi connectivity index (χ1) is 12.0. The summed E-state index contributed by atoms with van der Waals surface area (Å²) in [5, 5.41) is 10.7. The molecule has 2 aromatic carbocycles. The number of rotatable bonds is 5. The van der Waals surface area contributed by atoms with E-state index in [9.17, 15) is 14.7 Å². The Balaban J connectivity index is 1.61. The largest absolute Gasteiger partial charge is 0.433 e. The van der Waals surface area contributed by atoms with Gasteiger partial charge in [-0.1, -0.05) is 18.2 Å². The molecule has 1 heterocycles. The first-order valence-electron chi connectivity index (χ1n) is 8.03. The summed E-state index contributed by atoms with van der Waals surface area (Å²) < 4.78 is 20.5. The van der Waals surface area contributed by atoms with Gasteiger partial charge in [-0.15, -0.1) is 0 Å². The van der Waals surface area contributed by atoms with Gasteiger partial charge in [-0.25, -0.2) is 4.67 Å². The highest BCUT2D eigenvalue weighted by Crippen LogP contribution is 2.47. The Labute approximate surface area is 146 Å². The quantitative estimate of drug-likeness (QED) is 0.460. The van der Waals surface area contributed by atoms with Gasteiger partial charge in [0.1, 0.15) is 5.75 Å². The SMILES string of the molecule is CP(=O)(Oc1ccccc1)N1CCN(c2ccc([N+](=O)[O-])cc2)CC1. The highest BCUT2D eigenvalue weighted by atomic mass is 31.2. The number of anilines is 1. The Morgan fingerprint density at radius 2 is 1.60 bits per heavy atom. The lowest BCUT2D eigenvalue weighted by molar-refractivity contribution is -0.384. The van der Waals surface area contributed by atoms with Crippen LogP contribution in [0, 0.1) is 10.1 Å². The van der Waals surface area contributed by atoms with Gasteiger partial charge in [0.2, 0.25) is 0 Å². The molecule has 1 aliphatic rings. The number of benzene rings is 2. The van der Waals surface area contributed by atoms with Crippen molar-refractivity contribution in [2.24, 2.45) is 0 Å². The minimum absolute atomic E-state index is 0.0803. The summed E-state index contributed by atoms with van der Waals surface area (Å²) in [6.07, 6.45) is 0. The first kappa shape index (κ1) is 17.5. The van der Waals surface area contributed by atoms with Crippen LogP contribution in [0.4, 0.5) is 11.4 Å². The van der Waals surface area contributed by atoms with Crippen molar-refractivity contribution in [3.05, 3.63) is 64.7 Å². The summed E-state index contributed by atoms with van der Waals surface area (Å²) >= 11 is 0. The fraction of sp³-hybridized carbons (Fsp3) is 0.294. The zero-order valence-electron chi connectivity index (χ0n) is 13.9. The van der Waals surface area contributed by atoms with Gasteiger partial charge in [0.25, 0.3) is 5.69 Å². The number of hydrogen-bond acceptors (Lipinski definition) is 5. The number of nitro benzene ring substituents is 1. The van der Waals surface area contributed by atoms with Crippen molar-refractivity contribution in [2.45, 2.75) is 0 Å². The molecule has 3 rings (SSSR count). The minimum atomic E-state index is -2.91. The number of hydrogen-bond donors (Lipinski definition) is 0. The highest BCUT2D eigenvalue weighted by Gasteiger charge is 2.31. The third-order valence-corrected chi connectivity index (χ3v) is 6.19. The lowest BCUT2D eigenvalue weighted by Crippen LogP contribution is -2.45. The maximum Gasteiger partial charge on any atom is 0.316 e. The second kappa shape index (κ2) is 7.25. The Hall–Kier alpha value is -2.37. The van der Waals surface area contributed by atoms with E-state index in [0.29, 0.717) is 31.9 Å². The van der Waals surface area contributed by atoms with Crippen molar-refractivity contribution in [2.75, 3.05) is 37.7 Å². The zero-order valence-corrected chi connectivity index (χ0v) is 14.8. The van der Waals surface area contributed by atoms with Gasteiger partial charge in [0.15, 0.2) is 0 Å². The number of para-hydroxylation sites is 1. The molecule has 0 bridgehead atoms. The molecule has 0 radical (unpaired) electrons. The van der Waals surface area contributed by atoms with Gasteiger partial charge in [-0.3, -0.25) is 14.7 Å². The van der Waals surface area contributed by atoms with Crippen LogP contribution in [0.2, 0.25) is 0 Å². The molecule has 1 atom stereocenters. The summed E-state index contributed by atoms with van der Waals surface area (Å²) in [5.74, 6) is 0.603. The standard InChI is InChI=1S/C17H20N3O4P/c1-25(23,24-17-5-3-2-4-6-17)19-13-11-18(12-14-19)15-7-9-16(10-8-15)20(21)22/h2-10H,11-14H2,1H3. The van der Waals surface area contributed by atoms with Crippen molar-refractivity contribution in [1.82, 2.24) is 4.67 Å². The van der Waals surface area contributed by atoms with Crippen LogP contribution in [0.25, 0.3) is 0 Å². The van der Waals surface area contributed by atoms with E-state index in [1.54, 1.807) is 30.9 Å². The molecule has 0 aliphatic carbocycles. The molecular weight excluding hydrogens is 341 g/mol. The average molecular weight is 361 g/mol. The number of nitro groups is 1. The Morgan fingerprint density at radius 1 is 1.00 bits per heavy atom. The van der Waals surface area contributed by atoms with Gasteiger partial charge in [-0.05, 0) is 24.3 Å². The number of nitrogens with zero attached hydrogens (tertiary/aromatic N) is 3. The van der Waals surface area contributed by atoms with Crippen LogP contribution < -0.4 is 9.42 Å². The second-order valence-electron chi connectivity index (χ2n) is 5.92. The van der Waals surface area contributed by atoms with Gasteiger partial charge in [0.05, 0.1) is 4.92 Å². The summed E-state index contributed by atoms with van der Waals surface area (Å²) in [5.41, 5.74) is 1.01. The molecule has 0 spiro atoms. The Kier molecular flexibility index (Phi) is 5.06. The Morgan fingerprint density at radius 3 is 2.16 bits per heavy atom. The molecule has 0 aromatic heterocycles. The van der Waals surface area contributed by atoms with Crippen molar-refractivity contribution in [3.63, 3.8) is 0 Å². The molecule has 1 saturated heterocycles. The van der Waals surface area contributed by atoms with E-state index in [-0.39, 0.29) is 5.69 Å². The predicted octanol–water partition coefficient (Wildman–Crippen LogP) is 3.62. The average Bonchev–Trinajstić information content (AvgIpc) is 2.62. The van der Waals surface area contributed by atoms with Crippen LogP contribution in [0.1, 0.15) is 0 Å². The molecule has 0 amide bonds. The van der Waals surface area contributed by atoms with E-state index in [1.165, 1.54) is 12.1 Å². The van der Waals surface area contributed by atoms with E-state index in [1.807, 2.05) is 22.9 Å². The van der Waals surface area contributed by atoms with Crippen molar-refractivity contribution < 1.29 is 14.0 Å². The van der Waals surface area contributed by atoms with E-state index in [2.05, 4.69) is 4.90 Å². The van der Waals surface area contributed by atoms with Gasteiger partial charge in [0, 0.05) is 50.7 Å². The lowest BCUT2D eigenvalue weighted by Gasteiger charge is -2.38. The third kappa shape index (κ3) is 4.18. The predicted molar refractivity (Wildman–Crippen MR) is 97.5 cm³/mol. The molecule has 1 unspecified atom stereocenters. The van der Waals surface area contributed by atoms with Crippen LogP contribution in [-0.4, -0.2) is 42.4 Å². The molecule has 0 saturated carbocycles. The van der Waals surface area contributed by atoms with Crippen LogP contribution in [0.15, 0.2) is 54.6 Å². The molecule has 1 aliphatic heterocycles. The molecule has 2 aromatic rings. The molecule has 25 heavy (non-hydrogen) atoms. The van der Waals surface area contributed by atoms with Crippen LogP contribution in [0.5, 0.6) is 5.75 Å². The molecule has 7 nitrogen and oxygen atoms in total. The van der Waals surface area contributed by atoms with Crippen LogP contribution >= 0.6 is 7.52 Å². The smallest absolute Gasteiger partial charge is 0.316 e. The lowest BCUT2D eigenvalue weighted by atomic mass is 10.2. The molecule has 8 heteroatoms. The summed E-state index contributed by atoms with van der Waals surface area (Å²) in [6.45, 7) is 4.23. The highest BCUT2D eigenvalue weighted by molar-refractivity contribution is 7.56. The number of non-ortho nitro benzene ring substituents is 1. The van der Waals surface area contributed by atoms with Gasteiger partial charge >= 0.3 is 7.52 Å². The van der Waals surface area contributed by atoms with Gasteiger partial charge < -0.3 is 9.42 Å². The van der Waals surface area contributed by atoms with Crippen molar-refractivity contribution in [3.8, 4) is 5.75 Å². The van der Waals surface area contributed by atoms with E-state index in [0.717, 1.165) is 5.69 Å². The fourth-order valence-electron chi connectivity index (χ4n) is 2.84. The maximum absolute atomic E-state index is 12.9. The first-order valence-corrected chi connectivity index (χ1v) is 10.1. The minimum Gasteiger partial charge on any atom is -0.433 e. The van der Waals surface area contributed by atoms with E-state index >= 15 is 0 Å². The molecule has 1 fully saturated rings. The molecular formula is C17H20N3O4P. The normalized spacial score (nSPS) is 17.7. The van der Waals surface area contributed by atoms with Crippen LogP contribution in [-0.2, 0) is 4.57 Å². The topological polar surface area (TPSA) is 75.9 Å². The van der Waals surface area contributed by atoms with Crippen molar-refractivity contribution >= 4 is 18.9 Å². The maximum atomic E-state index is 12.9. The Bertz CT molecular complexity index is 774. The molecule has 0 N–H and O–H groups in total.